The molecule has 1 atom stereocenters. The molecule has 166 valence electrons. The van der Waals surface area contributed by atoms with Crippen molar-refractivity contribution in [3.63, 3.8) is 0 Å². The van der Waals surface area contributed by atoms with Crippen LogP contribution in [0.3, 0.4) is 0 Å². The van der Waals surface area contributed by atoms with Crippen molar-refractivity contribution in [3.05, 3.63) is 35.9 Å². The van der Waals surface area contributed by atoms with Crippen LogP contribution in [-0.4, -0.2) is 45.7 Å². The van der Waals surface area contributed by atoms with E-state index in [1.165, 1.54) is 17.8 Å². The summed E-state index contributed by atoms with van der Waals surface area (Å²) in [6, 6.07) is 8.28. The summed E-state index contributed by atoms with van der Waals surface area (Å²) in [4.78, 5) is 12.5. The van der Waals surface area contributed by atoms with E-state index in [2.05, 4.69) is 21.6 Å². The largest absolute Gasteiger partial charge is 0.483 e. The molecule has 31 heavy (non-hydrogen) atoms. The van der Waals surface area contributed by atoms with Gasteiger partial charge in [0.15, 0.2) is 22.5 Å². The van der Waals surface area contributed by atoms with E-state index in [1.807, 2.05) is 11.5 Å². The number of para-hydroxylation sites is 1. The molecule has 1 N–H and O–H groups in total. The number of ether oxygens (including phenoxy) is 2. The third kappa shape index (κ3) is 5.74. The molecule has 0 saturated heterocycles. The number of halogens is 1. The third-order valence-electron chi connectivity index (χ3n) is 5.16. The van der Waals surface area contributed by atoms with Gasteiger partial charge in [0.25, 0.3) is 0 Å². The van der Waals surface area contributed by atoms with Gasteiger partial charge in [-0.3, -0.25) is 9.36 Å². The molecule has 1 fully saturated rings. The predicted molar refractivity (Wildman–Crippen MR) is 113 cm³/mol. The number of rotatable bonds is 10. The number of nitrogens with zero attached hydrogens (tertiary/aromatic N) is 4. The van der Waals surface area contributed by atoms with Gasteiger partial charge >= 0.3 is 0 Å². The van der Waals surface area contributed by atoms with Crippen LogP contribution in [0, 0.1) is 17.1 Å². The Balaban J connectivity index is 1.68. The van der Waals surface area contributed by atoms with Gasteiger partial charge in [0.1, 0.15) is 12.1 Å². The molecule has 0 radical (unpaired) electrons. The van der Waals surface area contributed by atoms with Crippen LogP contribution >= 0.6 is 11.8 Å². The Kier molecular flexibility index (Phi) is 7.87. The fourth-order valence-corrected chi connectivity index (χ4v) is 4.50. The summed E-state index contributed by atoms with van der Waals surface area (Å²) in [6.45, 7) is 2.36. The van der Waals surface area contributed by atoms with Gasteiger partial charge in [-0.1, -0.05) is 23.9 Å². The summed E-state index contributed by atoms with van der Waals surface area (Å²) < 4.78 is 26.5. The third-order valence-corrected chi connectivity index (χ3v) is 6.10. The zero-order chi connectivity index (χ0) is 22.3. The van der Waals surface area contributed by atoms with Gasteiger partial charge in [-0.15, -0.1) is 10.2 Å². The first kappa shape index (κ1) is 23.0. The van der Waals surface area contributed by atoms with Gasteiger partial charge < -0.3 is 14.8 Å². The van der Waals surface area contributed by atoms with Crippen LogP contribution in [-0.2, 0) is 16.1 Å². The molecule has 1 aromatic heterocycles. The van der Waals surface area contributed by atoms with Crippen LogP contribution in [0.25, 0.3) is 0 Å². The lowest BCUT2D eigenvalue weighted by molar-refractivity contribution is -0.119. The second-order valence-electron chi connectivity index (χ2n) is 7.53. The fourth-order valence-electron chi connectivity index (χ4n) is 3.64. The van der Waals surface area contributed by atoms with Gasteiger partial charge in [0.2, 0.25) is 5.91 Å². The van der Waals surface area contributed by atoms with E-state index in [0.717, 1.165) is 12.8 Å². The highest BCUT2D eigenvalue weighted by atomic mass is 32.2. The second-order valence-corrected chi connectivity index (χ2v) is 8.47. The molecule has 1 amide bonds. The van der Waals surface area contributed by atoms with Crippen LogP contribution in [0.4, 0.5) is 4.39 Å². The summed E-state index contributed by atoms with van der Waals surface area (Å²) in [6.07, 6.45) is 3.24. The maximum absolute atomic E-state index is 13.9. The van der Waals surface area contributed by atoms with Crippen molar-refractivity contribution >= 4 is 17.7 Å². The number of carbonyl (C=O) groups excluding carboxylic acids is 1. The molecule has 3 rings (SSSR count). The van der Waals surface area contributed by atoms with E-state index < -0.39 is 11.4 Å². The highest BCUT2D eigenvalue weighted by molar-refractivity contribution is 7.99. The molecule has 10 heteroatoms. The first-order valence-electron chi connectivity index (χ1n) is 10.1. The predicted octanol–water partition coefficient (Wildman–Crippen LogP) is 3.25. The van der Waals surface area contributed by atoms with Crippen LogP contribution < -0.4 is 10.1 Å². The number of aromatic nitrogens is 3. The molecular weight excluding hydrogens is 421 g/mol. The second kappa shape index (κ2) is 10.6. The van der Waals surface area contributed by atoms with E-state index in [9.17, 15) is 14.4 Å². The molecule has 8 nitrogen and oxygen atoms in total. The standard InChI is InChI=1S/C21H26FN5O3S/c1-15(11-29-2)27-18(12-30-17-8-4-3-7-16(17)22)25-26-20(27)31-13-19(28)24-21(14-23)9-5-6-10-21/h3-4,7-8,15H,5-6,9-13H2,1-2H3,(H,24,28). The molecule has 1 unspecified atom stereocenters. The van der Waals surface area contributed by atoms with E-state index in [0.29, 0.717) is 30.4 Å². The Hall–Kier alpha value is -2.64. The van der Waals surface area contributed by atoms with Crippen LogP contribution in [0.1, 0.15) is 44.5 Å². The van der Waals surface area contributed by atoms with Gasteiger partial charge in [0, 0.05) is 7.11 Å². The molecule has 1 heterocycles. The Bertz CT molecular complexity index is 939. The minimum atomic E-state index is -0.757. The molecule has 1 aromatic carbocycles. The van der Waals surface area contributed by atoms with Crippen molar-refractivity contribution < 1.29 is 18.7 Å². The summed E-state index contributed by atoms with van der Waals surface area (Å²) in [5.74, 6) is 0.0631. The van der Waals surface area contributed by atoms with Gasteiger partial charge in [0.05, 0.1) is 24.5 Å². The number of hydrogen-bond acceptors (Lipinski definition) is 7. The summed E-state index contributed by atoms with van der Waals surface area (Å²) in [5.41, 5.74) is -0.757. The van der Waals surface area contributed by atoms with Crippen molar-refractivity contribution in [2.24, 2.45) is 0 Å². The number of benzene rings is 1. The molecule has 2 aromatic rings. The normalized spacial score (nSPS) is 15.9. The fraction of sp³-hybridized carbons (Fsp3) is 0.524. The van der Waals surface area contributed by atoms with Crippen molar-refractivity contribution in [2.75, 3.05) is 19.5 Å². The minimum Gasteiger partial charge on any atom is -0.483 e. The number of nitrogens with one attached hydrogen (secondary N) is 1. The number of hydrogen-bond donors (Lipinski definition) is 1. The van der Waals surface area contributed by atoms with Gasteiger partial charge in [-0.25, -0.2) is 4.39 Å². The summed E-state index contributed by atoms with van der Waals surface area (Å²) >= 11 is 1.23. The van der Waals surface area contributed by atoms with Crippen LogP contribution in [0.2, 0.25) is 0 Å². The monoisotopic (exact) mass is 447 g/mol. The quantitative estimate of drug-likeness (QED) is 0.558. The molecule has 0 bridgehead atoms. The zero-order valence-corrected chi connectivity index (χ0v) is 18.5. The molecular formula is C21H26FN5O3S. The smallest absolute Gasteiger partial charge is 0.231 e. The summed E-state index contributed by atoms with van der Waals surface area (Å²) in [7, 11) is 1.60. The lowest BCUT2D eigenvalue weighted by atomic mass is 10.0. The van der Waals surface area contributed by atoms with Gasteiger partial charge in [-0.2, -0.15) is 5.26 Å². The highest BCUT2D eigenvalue weighted by Gasteiger charge is 2.35. The SMILES string of the molecule is COCC(C)n1c(COc2ccccc2F)nnc1SCC(=O)NC1(C#N)CCCC1. The van der Waals surface area contributed by atoms with E-state index in [1.54, 1.807) is 25.3 Å². The molecule has 1 aliphatic rings. The number of methoxy groups -OCH3 is 1. The lowest BCUT2D eigenvalue weighted by Gasteiger charge is -2.22. The maximum atomic E-state index is 13.9. The first-order valence-corrected chi connectivity index (χ1v) is 11.1. The Labute approximate surface area is 185 Å². The number of carbonyl (C=O) groups is 1. The number of amides is 1. The van der Waals surface area contributed by atoms with E-state index in [-0.39, 0.29) is 30.1 Å². The Morgan fingerprint density at radius 2 is 2.13 bits per heavy atom. The van der Waals surface area contributed by atoms with E-state index in [4.69, 9.17) is 9.47 Å². The average molecular weight is 448 g/mol. The highest BCUT2D eigenvalue weighted by Crippen LogP contribution is 2.29. The lowest BCUT2D eigenvalue weighted by Crippen LogP contribution is -2.45. The Morgan fingerprint density at radius 1 is 1.39 bits per heavy atom. The summed E-state index contributed by atoms with van der Waals surface area (Å²) in [5, 5.41) is 21.2. The maximum Gasteiger partial charge on any atom is 0.231 e. The van der Waals surface area contributed by atoms with E-state index >= 15 is 0 Å². The molecule has 1 aliphatic carbocycles. The molecule has 0 spiro atoms. The van der Waals surface area contributed by atoms with Gasteiger partial charge in [-0.05, 0) is 44.7 Å². The number of thioether (sulfide) groups is 1. The topological polar surface area (TPSA) is 102 Å². The van der Waals surface area contributed by atoms with Crippen LogP contribution in [0.5, 0.6) is 5.75 Å². The van der Waals surface area contributed by atoms with Crippen molar-refractivity contribution in [3.8, 4) is 11.8 Å². The molecule has 1 saturated carbocycles. The van der Waals surface area contributed by atoms with Crippen molar-refractivity contribution in [2.45, 2.75) is 56.0 Å². The van der Waals surface area contributed by atoms with Crippen LogP contribution in [0.15, 0.2) is 29.4 Å². The first-order chi connectivity index (χ1) is 15.0. The minimum absolute atomic E-state index is 0.0201. The average Bonchev–Trinajstić information content (AvgIpc) is 3.39. The number of nitriles is 1. The zero-order valence-electron chi connectivity index (χ0n) is 17.6. The van der Waals surface area contributed by atoms with Crippen molar-refractivity contribution in [1.29, 1.82) is 5.26 Å². The Morgan fingerprint density at radius 3 is 2.81 bits per heavy atom. The molecule has 0 aliphatic heterocycles. The van der Waals surface area contributed by atoms with Crippen molar-refractivity contribution in [1.82, 2.24) is 20.1 Å².